The average Bonchev–Trinajstić information content (AvgIpc) is 3.19. The fraction of sp³-hybridized carbons (Fsp3) is 0.100. The SMILES string of the molecule is Cc1ccc(-n2c(O)c(N=Nc3cccc(-c4cccc(C(=O)O)c4)c3O)c3ccc(S(C)(=O)=O)cc32)cc1C. The Hall–Kier alpha value is -4.96. The highest BCUT2D eigenvalue weighted by Crippen LogP contribution is 2.44. The van der Waals surface area contributed by atoms with Crippen molar-refractivity contribution in [2.24, 2.45) is 10.2 Å². The summed E-state index contributed by atoms with van der Waals surface area (Å²) in [5, 5.41) is 40.5. The van der Waals surface area contributed by atoms with Crippen LogP contribution >= 0.6 is 0 Å². The van der Waals surface area contributed by atoms with Crippen molar-refractivity contribution in [3.05, 3.63) is 95.6 Å². The van der Waals surface area contributed by atoms with Crippen LogP contribution in [0.2, 0.25) is 0 Å². The van der Waals surface area contributed by atoms with Crippen LogP contribution in [-0.2, 0) is 9.84 Å². The molecular formula is C30H25N3O6S. The second-order valence-corrected chi connectivity index (χ2v) is 11.5. The molecule has 0 saturated heterocycles. The summed E-state index contributed by atoms with van der Waals surface area (Å²) in [7, 11) is -3.53. The van der Waals surface area contributed by atoms with Crippen LogP contribution in [0.5, 0.6) is 11.6 Å². The van der Waals surface area contributed by atoms with Crippen molar-refractivity contribution in [1.29, 1.82) is 0 Å². The van der Waals surface area contributed by atoms with Gasteiger partial charge in [0, 0.05) is 22.9 Å². The molecule has 0 fully saturated rings. The lowest BCUT2D eigenvalue weighted by Gasteiger charge is -2.10. The average molecular weight is 556 g/mol. The van der Waals surface area contributed by atoms with Gasteiger partial charge in [-0.15, -0.1) is 10.2 Å². The molecule has 3 N–H and O–H groups in total. The van der Waals surface area contributed by atoms with Crippen LogP contribution in [-0.4, -0.2) is 40.5 Å². The molecule has 40 heavy (non-hydrogen) atoms. The van der Waals surface area contributed by atoms with Crippen molar-refractivity contribution < 1.29 is 28.5 Å². The Bertz CT molecular complexity index is 1960. The molecule has 9 nitrogen and oxygen atoms in total. The first-order valence-corrected chi connectivity index (χ1v) is 14.1. The number of hydrogen-bond donors (Lipinski definition) is 3. The Morgan fingerprint density at radius 3 is 2.30 bits per heavy atom. The third-order valence-corrected chi connectivity index (χ3v) is 7.87. The number of benzene rings is 4. The number of nitrogens with zero attached hydrogens (tertiary/aromatic N) is 3. The van der Waals surface area contributed by atoms with Crippen LogP contribution in [0.25, 0.3) is 27.7 Å². The van der Waals surface area contributed by atoms with Crippen molar-refractivity contribution in [1.82, 2.24) is 4.57 Å². The van der Waals surface area contributed by atoms with Crippen LogP contribution in [0.15, 0.2) is 94.0 Å². The number of azo groups is 1. The number of aryl methyl sites for hydroxylation is 2. The molecule has 0 radical (unpaired) electrons. The normalized spacial score (nSPS) is 11.9. The second kappa shape index (κ2) is 9.97. The number of aromatic nitrogens is 1. The van der Waals surface area contributed by atoms with Crippen LogP contribution in [0.1, 0.15) is 21.5 Å². The fourth-order valence-electron chi connectivity index (χ4n) is 4.46. The van der Waals surface area contributed by atoms with Crippen LogP contribution in [0, 0.1) is 13.8 Å². The quantitative estimate of drug-likeness (QED) is 0.196. The molecule has 1 aromatic heterocycles. The number of phenols is 1. The van der Waals surface area contributed by atoms with E-state index in [-0.39, 0.29) is 33.5 Å². The first-order chi connectivity index (χ1) is 19.0. The van der Waals surface area contributed by atoms with Crippen LogP contribution in [0.3, 0.4) is 0 Å². The van der Waals surface area contributed by atoms with Gasteiger partial charge >= 0.3 is 5.97 Å². The van der Waals surface area contributed by atoms with E-state index in [1.165, 1.54) is 34.9 Å². The number of fused-ring (bicyclic) bond motifs is 1. The van der Waals surface area contributed by atoms with Gasteiger partial charge in [0.1, 0.15) is 5.69 Å². The van der Waals surface area contributed by atoms with Crippen LogP contribution in [0.4, 0.5) is 11.4 Å². The molecule has 0 amide bonds. The van der Waals surface area contributed by atoms with Crippen LogP contribution < -0.4 is 0 Å². The van der Waals surface area contributed by atoms with Gasteiger partial charge in [-0.2, -0.15) is 0 Å². The maximum Gasteiger partial charge on any atom is 0.335 e. The monoisotopic (exact) mass is 555 g/mol. The van der Waals surface area contributed by atoms with E-state index >= 15 is 0 Å². The summed E-state index contributed by atoms with van der Waals surface area (Å²) >= 11 is 0. The molecule has 0 aliphatic heterocycles. The fourth-order valence-corrected chi connectivity index (χ4v) is 5.10. The van der Waals surface area contributed by atoms with Crippen molar-refractivity contribution in [3.8, 4) is 28.4 Å². The Morgan fingerprint density at radius 2 is 1.60 bits per heavy atom. The molecule has 0 atom stereocenters. The van der Waals surface area contributed by atoms with E-state index in [1.807, 2.05) is 32.0 Å². The molecule has 0 unspecified atom stereocenters. The van der Waals surface area contributed by atoms with E-state index in [4.69, 9.17) is 0 Å². The van der Waals surface area contributed by atoms with Crippen molar-refractivity contribution in [3.63, 3.8) is 0 Å². The molecule has 0 saturated carbocycles. The molecule has 10 heteroatoms. The highest BCUT2D eigenvalue weighted by Gasteiger charge is 2.21. The van der Waals surface area contributed by atoms with E-state index in [1.54, 1.807) is 30.3 Å². The lowest BCUT2D eigenvalue weighted by molar-refractivity contribution is 0.0697. The van der Waals surface area contributed by atoms with Gasteiger partial charge in [0.25, 0.3) is 0 Å². The molecular weight excluding hydrogens is 530 g/mol. The van der Waals surface area contributed by atoms with Crippen molar-refractivity contribution in [2.75, 3.05) is 6.26 Å². The highest BCUT2D eigenvalue weighted by atomic mass is 32.2. The standard InChI is InChI=1S/C30H25N3O6S/c1-17-10-11-21(14-18(17)2)33-26-16-22(40(3,38)39)12-13-24(26)27(29(33)35)32-31-25-9-5-8-23(28(25)34)19-6-4-7-20(15-19)30(36)37/h4-16,34-35H,1-3H3,(H,36,37). The predicted molar refractivity (Wildman–Crippen MR) is 152 cm³/mol. The second-order valence-electron chi connectivity index (χ2n) is 9.49. The topological polar surface area (TPSA) is 142 Å². The van der Waals surface area contributed by atoms with Gasteiger partial charge in [0.15, 0.2) is 21.3 Å². The summed E-state index contributed by atoms with van der Waals surface area (Å²) in [5.41, 5.74) is 4.17. The zero-order valence-corrected chi connectivity index (χ0v) is 22.6. The molecule has 5 rings (SSSR count). The summed E-state index contributed by atoms with van der Waals surface area (Å²) in [5.74, 6) is -1.56. The number of sulfone groups is 1. The Balaban J connectivity index is 1.67. The van der Waals surface area contributed by atoms with Gasteiger partial charge in [-0.3, -0.25) is 4.57 Å². The largest absolute Gasteiger partial charge is 0.505 e. The molecule has 202 valence electrons. The number of rotatable bonds is 6. The molecule has 0 bridgehead atoms. The van der Waals surface area contributed by atoms with Gasteiger partial charge in [0.2, 0.25) is 5.88 Å². The number of aromatic carboxylic acids is 1. The van der Waals surface area contributed by atoms with E-state index in [0.29, 0.717) is 27.7 Å². The summed E-state index contributed by atoms with van der Waals surface area (Å²) in [6.07, 6.45) is 1.11. The Labute approximate surface area is 230 Å². The van der Waals surface area contributed by atoms with E-state index in [2.05, 4.69) is 10.2 Å². The van der Waals surface area contributed by atoms with Crippen molar-refractivity contribution in [2.45, 2.75) is 18.7 Å². The predicted octanol–water partition coefficient (Wildman–Crippen LogP) is 6.84. The maximum atomic E-state index is 12.3. The number of carboxylic acid groups (broad SMARTS) is 1. The Morgan fingerprint density at radius 1 is 0.850 bits per heavy atom. The minimum atomic E-state index is -3.53. The Kier molecular flexibility index (Phi) is 6.64. The number of hydrogen-bond acceptors (Lipinski definition) is 7. The van der Waals surface area contributed by atoms with Gasteiger partial charge in [-0.25, -0.2) is 13.2 Å². The minimum absolute atomic E-state index is 0.0708. The molecule has 5 aromatic rings. The van der Waals surface area contributed by atoms with Crippen molar-refractivity contribution >= 4 is 38.1 Å². The lowest BCUT2D eigenvalue weighted by atomic mass is 10.0. The smallest absolute Gasteiger partial charge is 0.335 e. The summed E-state index contributed by atoms with van der Waals surface area (Å²) in [4.78, 5) is 11.5. The summed E-state index contributed by atoms with van der Waals surface area (Å²) < 4.78 is 26.1. The third kappa shape index (κ3) is 4.80. The molecule has 4 aromatic carbocycles. The summed E-state index contributed by atoms with van der Waals surface area (Å²) in [6.45, 7) is 3.90. The molecule has 0 aliphatic rings. The van der Waals surface area contributed by atoms with Gasteiger partial charge in [-0.05, 0) is 79.1 Å². The summed E-state index contributed by atoms with van der Waals surface area (Å²) in [6, 6.07) is 21.0. The number of carbonyl (C=O) groups is 1. The third-order valence-electron chi connectivity index (χ3n) is 6.76. The lowest BCUT2D eigenvalue weighted by Crippen LogP contribution is -1.99. The number of carboxylic acids is 1. The number of aromatic hydroxyl groups is 2. The maximum absolute atomic E-state index is 12.3. The van der Waals surface area contributed by atoms with E-state index in [0.717, 1.165) is 17.4 Å². The number of para-hydroxylation sites is 1. The zero-order chi connectivity index (χ0) is 28.8. The highest BCUT2D eigenvalue weighted by molar-refractivity contribution is 7.90. The molecule has 1 heterocycles. The molecule has 0 spiro atoms. The minimum Gasteiger partial charge on any atom is -0.505 e. The van der Waals surface area contributed by atoms with Gasteiger partial charge in [0.05, 0.1) is 16.0 Å². The van der Waals surface area contributed by atoms with E-state index in [9.17, 15) is 28.5 Å². The zero-order valence-electron chi connectivity index (χ0n) is 21.8. The van der Waals surface area contributed by atoms with E-state index < -0.39 is 15.8 Å². The first-order valence-electron chi connectivity index (χ1n) is 12.2. The molecule has 0 aliphatic carbocycles. The number of phenolic OH excluding ortho intramolecular Hbond substituents is 1. The van der Waals surface area contributed by atoms with Gasteiger partial charge < -0.3 is 15.3 Å². The van der Waals surface area contributed by atoms with Gasteiger partial charge in [-0.1, -0.05) is 30.3 Å². The first kappa shape index (κ1) is 26.6.